The molecule has 7 nitrogen and oxygen atoms in total. The molecule has 0 saturated carbocycles. The molecule has 188 valence electrons. The highest BCUT2D eigenvalue weighted by Gasteiger charge is 2.35. The van der Waals surface area contributed by atoms with E-state index in [1.807, 2.05) is 57.2 Å². The lowest BCUT2D eigenvalue weighted by Crippen LogP contribution is -2.43. The fraction of sp³-hybridized carbons (Fsp3) is 0.345. The minimum Gasteiger partial charge on any atom is -0.493 e. The van der Waals surface area contributed by atoms with Crippen LogP contribution in [0.25, 0.3) is 6.08 Å². The van der Waals surface area contributed by atoms with Crippen molar-refractivity contribution in [2.24, 2.45) is 0 Å². The van der Waals surface area contributed by atoms with E-state index in [2.05, 4.69) is 0 Å². The topological polar surface area (TPSA) is 88.9 Å². The normalized spacial score (nSPS) is 15.0. The zero-order valence-corrected chi connectivity index (χ0v) is 21.5. The Morgan fingerprint density at radius 1 is 1.03 bits per heavy atom. The fourth-order valence-corrected chi connectivity index (χ4v) is 3.78. The van der Waals surface area contributed by atoms with Crippen LogP contribution < -0.4 is 9.47 Å². The molecule has 3 rings (SSSR count). The first-order valence-corrected chi connectivity index (χ1v) is 11.9. The van der Waals surface area contributed by atoms with Gasteiger partial charge in [0.2, 0.25) is 0 Å². The molecule has 1 heterocycles. The molecule has 2 aromatic rings. The van der Waals surface area contributed by atoms with Gasteiger partial charge in [0.05, 0.1) is 13.2 Å². The van der Waals surface area contributed by atoms with Crippen LogP contribution in [-0.2, 0) is 20.9 Å². The highest BCUT2D eigenvalue weighted by Crippen LogP contribution is 2.32. The summed E-state index contributed by atoms with van der Waals surface area (Å²) >= 11 is 0. The molecule has 0 fully saturated rings. The van der Waals surface area contributed by atoms with Crippen molar-refractivity contribution in [1.29, 1.82) is 5.26 Å². The molecule has 0 radical (unpaired) electrons. The lowest BCUT2D eigenvalue weighted by atomic mass is 9.93. The predicted octanol–water partition coefficient (Wildman–Crippen LogP) is 4.99. The number of nitriles is 1. The number of imide groups is 1. The van der Waals surface area contributed by atoms with Gasteiger partial charge >= 0.3 is 0 Å². The quantitative estimate of drug-likeness (QED) is 0.266. The Kier molecular flexibility index (Phi) is 9.04. The molecule has 0 N–H and O–H groups in total. The molecule has 0 spiro atoms. The van der Waals surface area contributed by atoms with E-state index in [1.54, 1.807) is 32.2 Å². The summed E-state index contributed by atoms with van der Waals surface area (Å²) in [6.45, 7) is 8.48. The maximum Gasteiger partial charge on any atom is 0.271 e. The summed E-state index contributed by atoms with van der Waals surface area (Å²) < 4.78 is 17.0. The molecule has 1 aliphatic heterocycles. The van der Waals surface area contributed by atoms with Gasteiger partial charge in [-0.1, -0.05) is 35.9 Å². The number of hydrogen-bond acceptors (Lipinski definition) is 6. The van der Waals surface area contributed by atoms with Crippen LogP contribution in [0.5, 0.6) is 11.5 Å². The van der Waals surface area contributed by atoms with Crippen molar-refractivity contribution in [2.45, 2.75) is 46.8 Å². The summed E-state index contributed by atoms with van der Waals surface area (Å²) in [5, 5.41) is 9.60. The Morgan fingerprint density at radius 2 is 1.75 bits per heavy atom. The first-order valence-electron chi connectivity index (χ1n) is 11.9. The van der Waals surface area contributed by atoms with Crippen LogP contribution in [-0.4, -0.2) is 43.1 Å². The SMILES string of the molecule is COc1cc(/C=C2/C(=O)N(CCCOC(C)C)C(=O)C(C#N)=C2C)ccc1OCc1ccc(C)cc1. The summed E-state index contributed by atoms with van der Waals surface area (Å²) in [5.74, 6) is 0.0848. The van der Waals surface area contributed by atoms with Crippen LogP contribution in [0.3, 0.4) is 0 Å². The van der Waals surface area contributed by atoms with E-state index >= 15 is 0 Å². The number of hydrogen-bond donors (Lipinski definition) is 0. The third-order valence-corrected chi connectivity index (χ3v) is 5.82. The average molecular weight is 489 g/mol. The molecule has 0 atom stereocenters. The molecular weight excluding hydrogens is 456 g/mol. The third kappa shape index (κ3) is 6.41. The van der Waals surface area contributed by atoms with Gasteiger partial charge in [-0.05, 0) is 69.0 Å². The van der Waals surface area contributed by atoms with Gasteiger partial charge in [-0.3, -0.25) is 14.5 Å². The lowest BCUT2D eigenvalue weighted by molar-refractivity contribution is -0.140. The van der Waals surface area contributed by atoms with Crippen molar-refractivity contribution in [3.05, 3.63) is 75.9 Å². The smallest absolute Gasteiger partial charge is 0.271 e. The Bertz CT molecular complexity index is 1220. The van der Waals surface area contributed by atoms with Gasteiger partial charge in [0, 0.05) is 18.7 Å². The molecule has 0 saturated heterocycles. The number of benzene rings is 2. The molecule has 2 amide bonds. The number of ether oxygens (including phenoxy) is 3. The van der Waals surface area contributed by atoms with Gasteiger partial charge in [0.1, 0.15) is 18.2 Å². The van der Waals surface area contributed by atoms with Gasteiger partial charge in [-0.2, -0.15) is 5.26 Å². The second-order valence-electron chi connectivity index (χ2n) is 8.89. The molecule has 7 heteroatoms. The highest BCUT2D eigenvalue weighted by molar-refractivity contribution is 6.19. The Morgan fingerprint density at radius 3 is 2.39 bits per heavy atom. The van der Waals surface area contributed by atoms with Crippen molar-refractivity contribution in [3.63, 3.8) is 0 Å². The first kappa shape index (κ1) is 26.7. The zero-order chi connectivity index (χ0) is 26.2. The van der Waals surface area contributed by atoms with Crippen molar-refractivity contribution in [3.8, 4) is 17.6 Å². The molecule has 0 bridgehead atoms. The number of carbonyl (C=O) groups is 2. The molecule has 0 unspecified atom stereocenters. The standard InChI is InChI=1S/C29H32N2O5/c1-19(2)35-14-6-13-31-28(32)24(21(4)25(17-30)29(31)33)15-23-11-12-26(27(16-23)34-5)36-18-22-9-7-20(3)8-10-22/h7-12,15-16,19H,6,13-14,18H2,1-5H3/b24-15+. The summed E-state index contributed by atoms with van der Waals surface area (Å²) in [6, 6.07) is 15.4. The number of rotatable bonds is 10. The van der Waals surface area contributed by atoms with E-state index in [9.17, 15) is 14.9 Å². The van der Waals surface area contributed by atoms with E-state index < -0.39 is 11.8 Å². The summed E-state index contributed by atoms with van der Waals surface area (Å²) in [5.41, 5.74) is 3.53. The van der Waals surface area contributed by atoms with Crippen LogP contribution in [0.1, 0.15) is 43.9 Å². The molecule has 0 aromatic heterocycles. The average Bonchev–Trinajstić information content (AvgIpc) is 2.86. The van der Waals surface area contributed by atoms with E-state index in [1.165, 1.54) is 5.56 Å². The lowest BCUT2D eigenvalue weighted by Gasteiger charge is -2.27. The predicted molar refractivity (Wildman–Crippen MR) is 137 cm³/mol. The van der Waals surface area contributed by atoms with Gasteiger partial charge < -0.3 is 14.2 Å². The number of nitrogens with zero attached hydrogens (tertiary/aromatic N) is 2. The minimum absolute atomic E-state index is 0.0318. The molecule has 2 aromatic carbocycles. The van der Waals surface area contributed by atoms with E-state index in [0.29, 0.717) is 47.8 Å². The number of amides is 2. The van der Waals surface area contributed by atoms with Crippen molar-refractivity contribution in [1.82, 2.24) is 4.90 Å². The largest absolute Gasteiger partial charge is 0.493 e. The molecule has 36 heavy (non-hydrogen) atoms. The summed E-state index contributed by atoms with van der Waals surface area (Å²) in [4.78, 5) is 27.1. The van der Waals surface area contributed by atoms with Crippen LogP contribution in [0.4, 0.5) is 0 Å². The van der Waals surface area contributed by atoms with E-state index in [4.69, 9.17) is 14.2 Å². The van der Waals surface area contributed by atoms with Crippen LogP contribution in [0.15, 0.2) is 59.2 Å². The van der Waals surface area contributed by atoms with Gasteiger partial charge in [-0.15, -0.1) is 0 Å². The Hall–Kier alpha value is -3.89. The number of carbonyl (C=O) groups excluding carboxylic acids is 2. The van der Waals surface area contributed by atoms with Crippen molar-refractivity contribution in [2.75, 3.05) is 20.3 Å². The maximum atomic E-state index is 13.2. The molecular formula is C29H32N2O5. The van der Waals surface area contributed by atoms with Crippen LogP contribution >= 0.6 is 0 Å². The summed E-state index contributed by atoms with van der Waals surface area (Å²) in [7, 11) is 1.55. The Balaban J connectivity index is 1.84. The third-order valence-electron chi connectivity index (χ3n) is 5.82. The summed E-state index contributed by atoms with van der Waals surface area (Å²) in [6.07, 6.45) is 2.22. The van der Waals surface area contributed by atoms with Crippen LogP contribution in [0, 0.1) is 18.3 Å². The second-order valence-corrected chi connectivity index (χ2v) is 8.89. The van der Waals surface area contributed by atoms with Gasteiger partial charge in [0.25, 0.3) is 11.8 Å². The van der Waals surface area contributed by atoms with Crippen molar-refractivity contribution < 1.29 is 23.8 Å². The fourth-order valence-electron chi connectivity index (χ4n) is 3.78. The second kappa shape index (κ2) is 12.2. The molecule has 0 aliphatic carbocycles. The van der Waals surface area contributed by atoms with Crippen molar-refractivity contribution >= 4 is 17.9 Å². The first-order chi connectivity index (χ1) is 17.2. The van der Waals surface area contributed by atoms with Gasteiger partial charge in [-0.25, -0.2) is 0 Å². The number of methoxy groups -OCH3 is 1. The minimum atomic E-state index is -0.570. The molecule has 1 aliphatic rings. The number of aryl methyl sites for hydroxylation is 1. The van der Waals surface area contributed by atoms with Crippen LogP contribution in [0.2, 0.25) is 0 Å². The van der Waals surface area contributed by atoms with E-state index in [0.717, 1.165) is 10.5 Å². The van der Waals surface area contributed by atoms with E-state index in [-0.39, 0.29) is 18.2 Å². The van der Waals surface area contributed by atoms with Gasteiger partial charge in [0.15, 0.2) is 11.5 Å². The maximum absolute atomic E-state index is 13.2. The highest BCUT2D eigenvalue weighted by atomic mass is 16.5. The zero-order valence-electron chi connectivity index (χ0n) is 21.5. The monoisotopic (exact) mass is 488 g/mol. The Labute approximate surface area is 212 Å².